The zero-order chi connectivity index (χ0) is 8.97. The minimum atomic E-state index is 0.0323. The van der Waals surface area contributed by atoms with E-state index in [0.29, 0.717) is 0 Å². The first-order chi connectivity index (χ1) is 5.74. The van der Waals surface area contributed by atoms with Gasteiger partial charge in [0.2, 0.25) is 0 Å². The smallest absolute Gasteiger partial charge is 0.0656 e. The molecule has 0 fully saturated rings. The summed E-state index contributed by atoms with van der Waals surface area (Å²) in [5.41, 5.74) is 1.05. The molecule has 0 N–H and O–H groups in total. The van der Waals surface area contributed by atoms with E-state index >= 15 is 0 Å². The molecule has 0 aliphatic carbocycles. The Bertz CT molecular complexity index is 301. The van der Waals surface area contributed by atoms with Crippen molar-refractivity contribution in [3.8, 4) is 6.07 Å². The Hall–Kier alpha value is -1.00. The lowest BCUT2D eigenvalue weighted by atomic mass is 10.0. The minimum Gasteiger partial charge on any atom is -0.198 e. The molecular weight excluding hydrogens is 170 g/mol. The molecule has 1 nitrogen and oxygen atoms in total. The van der Waals surface area contributed by atoms with Gasteiger partial charge in [-0.05, 0) is 25.0 Å². The van der Waals surface area contributed by atoms with Crippen molar-refractivity contribution in [2.45, 2.75) is 13.3 Å². The molecule has 0 amide bonds. The summed E-state index contributed by atoms with van der Waals surface area (Å²) in [5, 5.41) is 9.34. The molecule has 0 aliphatic rings. The maximum absolute atomic E-state index is 8.59. The van der Waals surface area contributed by atoms with Crippen molar-refractivity contribution < 1.29 is 0 Å². The molecule has 0 aliphatic heterocycles. The van der Waals surface area contributed by atoms with Crippen molar-refractivity contribution in [3.05, 3.63) is 34.9 Å². The van der Waals surface area contributed by atoms with E-state index in [2.05, 4.69) is 6.07 Å². The quantitative estimate of drug-likeness (QED) is 0.685. The molecule has 12 heavy (non-hydrogen) atoms. The maximum Gasteiger partial charge on any atom is 0.0656 e. The maximum atomic E-state index is 8.59. The van der Waals surface area contributed by atoms with Crippen LogP contribution in [0, 0.1) is 17.2 Å². The van der Waals surface area contributed by atoms with E-state index in [1.54, 1.807) is 0 Å². The first-order valence-electron chi connectivity index (χ1n) is 3.87. The highest BCUT2D eigenvalue weighted by Crippen LogP contribution is 2.18. The number of hydrogen-bond donors (Lipinski definition) is 0. The largest absolute Gasteiger partial charge is 0.198 e. The second-order valence-electron chi connectivity index (χ2n) is 2.83. The van der Waals surface area contributed by atoms with Crippen LogP contribution >= 0.6 is 11.6 Å². The predicted molar refractivity (Wildman–Crippen MR) is 49.9 cm³/mol. The highest BCUT2D eigenvalue weighted by molar-refractivity contribution is 6.31. The number of hydrogen-bond acceptors (Lipinski definition) is 1. The van der Waals surface area contributed by atoms with Gasteiger partial charge >= 0.3 is 0 Å². The van der Waals surface area contributed by atoms with Crippen molar-refractivity contribution in [3.63, 3.8) is 0 Å². The van der Waals surface area contributed by atoms with Crippen LogP contribution in [0.25, 0.3) is 0 Å². The van der Waals surface area contributed by atoms with Gasteiger partial charge in [-0.25, -0.2) is 0 Å². The van der Waals surface area contributed by atoms with Crippen LogP contribution in [-0.2, 0) is 6.42 Å². The molecule has 0 bridgehead atoms. The lowest BCUT2D eigenvalue weighted by molar-refractivity contribution is 0.739. The highest BCUT2D eigenvalue weighted by atomic mass is 35.5. The van der Waals surface area contributed by atoms with Gasteiger partial charge in [0.15, 0.2) is 0 Å². The van der Waals surface area contributed by atoms with E-state index in [9.17, 15) is 0 Å². The van der Waals surface area contributed by atoms with E-state index < -0.39 is 0 Å². The van der Waals surface area contributed by atoms with E-state index in [0.717, 1.165) is 17.0 Å². The lowest BCUT2D eigenvalue weighted by Crippen LogP contribution is -1.96. The fourth-order valence-electron chi connectivity index (χ4n) is 1.04. The van der Waals surface area contributed by atoms with Gasteiger partial charge in [-0.2, -0.15) is 5.26 Å². The normalized spacial score (nSPS) is 12.1. The summed E-state index contributed by atoms with van der Waals surface area (Å²) in [6, 6.07) is 9.81. The zero-order valence-corrected chi connectivity index (χ0v) is 7.67. The summed E-state index contributed by atoms with van der Waals surface area (Å²) < 4.78 is 0. The van der Waals surface area contributed by atoms with Crippen LogP contribution in [-0.4, -0.2) is 0 Å². The SMILES string of the molecule is CC(C#N)Cc1ccccc1Cl. The van der Waals surface area contributed by atoms with Crippen LogP contribution in [0.1, 0.15) is 12.5 Å². The third-order valence-corrected chi connectivity index (χ3v) is 2.07. The molecule has 0 saturated carbocycles. The fourth-order valence-corrected chi connectivity index (χ4v) is 1.25. The van der Waals surface area contributed by atoms with Crippen molar-refractivity contribution in [1.82, 2.24) is 0 Å². The summed E-state index contributed by atoms with van der Waals surface area (Å²) in [4.78, 5) is 0. The second-order valence-corrected chi connectivity index (χ2v) is 3.23. The highest BCUT2D eigenvalue weighted by Gasteiger charge is 2.04. The van der Waals surface area contributed by atoms with E-state index in [1.165, 1.54) is 0 Å². The molecule has 0 saturated heterocycles. The Morgan fingerprint density at radius 3 is 2.75 bits per heavy atom. The second kappa shape index (κ2) is 4.13. The van der Waals surface area contributed by atoms with Gasteiger partial charge in [0.25, 0.3) is 0 Å². The van der Waals surface area contributed by atoms with Crippen LogP contribution in [0.2, 0.25) is 5.02 Å². The monoisotopic (exact) mass is 179 g/mol. The Morgan fingerprint density at radius 2 is 2.17 bits per heavy atom. The van der Waals surface area contributed by atoms with E-state index in [4.69, 9.17) is 16.9 Å². The molecule has 1 rings (SSSR count). The zero-order valence-electron chi connectivity index (χ0n) is 6.92. The molecule has 1 aromatic rings. The van der Waals surface area contributed by atoms with Gasteiger partial charge in [0.05, 0.1) is 6.07 Å². The summed E-state index contributed by atoms with van der Waals surface area (Å²) in [6.07, 6.45) is 0.732. The predicted octanol–water partition coefficient (Wildman–Crippen LogP) is 3.04. The molecule has 1 aromatic carbocycles. The molecule has 1 unspecified atom stereocenters. The molecule has 62 valence electrons. The van der Waals surface area contributed by atoms with E-state index in [1.807, 2.05) is 31.2 Å². The molecular formula is C10H10ClN. The van der Waals surface area contributed by atoms with Crippen molar-refractivity contribution in [2.24, 2.45) is 5.92 Å². The fraction of sp³-hybridized carbons (Fsp3) is 0.300. The number of benzene rings is 1. The van der Waals surface area contributed by atoms with Crippen molar-refractivity contribution in [1.29, 1.82) is 5.26 Å². The van der Waals surface area contributed by atoms with Gasteiger partial charge < -0.3 is 0 Å². The first kappa shape index (κ1) is 9.09. The molecule has 2 heteroatoms. The Balaban J connectivity index is 2.77. The van der Waals surface area contributed by atoms with Gasteiger partial charge in [-0.1, -0.05) is 29.8 Å². The number of rotatable bonds is 2. The van der Waals surface area contributed by atoms with Crippen LogP contribution in [0.3, 0.4) is 0 Å². The van der Waals surface area contributed by atoms with Crippen LogP contribution in [0.5, 0.6) is 0 Å². The lowest BCUT2D eigenvalue weighted by Gasteiger charge is -2.03. The average Bonchev–Trinajstić information content (AvgIpc) is 2.09. The third kappa shape index (κ3) is 2.25. The minimum absolute atomic E-state index is 0.0323. The van der Waals surface area contributed by atoms with Gasteiger partial charge in [0.1, 0.15) is 0 Å². The van der Waals surface area contributed by atoms with Crippen molar-refractivity contribution in [2.75, 3.05) is 0 Å². The van der Waals surface area contributed by atoms with Gasteiger partial charge in [-0.15, -0.1) is 0 Å². The number of nitriles is 1. The van der Waals surface area contributed by atoms with Gasteiger partial charge in [-0.3, -0.25) is 0 Å². The summed E-state index contributed by atoms with van der Waals surface area (Å²) in [5.74, 6) is 0.0323. The molecule has 0 heterocycles. The topological polar surface area (TPSA) is 23.8 Å². The molecule has 0 spiro atoms. The first-order valence-corrected chi connectivity index (χ1v) is 4.25. The number of halogens is 1. The Kier molecular flexibility index (Phi) is 3.13. The van der Waals surface area contributed by atoms with Crippen molar-refractivity contribution >= 4 is 11.6 Å². The van der Waals surface area contributed by atoms with Gasteiger partial charge in [0, 0.05) is 10.9 Å². The van der Waals surface area contributed by atoms with Crippen LogP contribution in [0.4, 0.5) is 0 Å². The summed E-state index contributed by atoms with van der Waals surface area (Å²) in [6.45, 7) is 1.89. The average molecular weight is 180 g/mol. The standard InChI is InChI=1S/C10H10ClN/c1-8(7-12)6-9-4-2-3-5-10(9)11/h2-5,8H,6H2,1H3. The molecule has 0 radical (unpaired) electrons. The Labute approximate surface area is 77.6 Å². The van der Waals surface area contributed by atoms with Crippen LogP contribution < -0.4 is 0 Å². The summed E-state index contributed by atoms with van der Waals surface area (Å²) >= 11 is 5.92. The Morgan fingerprint density at radius 1 is 1.50 bits per heavy atom. The third-order valence-electron chi connectivity index (χ3n) is 1.70. The number of nitrogens with zero attached hydrogens (tertiary/aromatic N) is 1. The molecule has 0 aromatic heterocycles. The van der Waals surface area contributed by atoms with Crippen LogP contribution in [0.15, 0.2) is 24.3 Å². The molecule has 1 atom stereocenters. The summed E-state index contributed by atoms with van der Waals surface area (Å²) in [7, 11) is 0. The van der Waals surface area contributed by atoms with E-state index in [-0.39, 0.29) is 5.92 Å².